The predicted molar refractivity (Wildman–Crippen MR) is 164 cm³/mol. The number of imide groups is 1. The van der Waals surface area contributed by atoms with E-state index in [1.54, 1.807) is 11.7 Å². The van der Waals surface area contributed by atoms with Crippen LogP contribution in [-0.4, -0.2) is 91.5 Å². The van der Waals surface area contributed by atoms with Crippen LogP contribution in [0.15, 0.2) is 42.2 Å². The Hall–Kier alpha value is -4.45. The van der Waals surface area contributed by atoms with Crippen molar-refractivity contribution < 1.29 is 38.2 Å². The van der Waals surface area contributed by atoms with Gasteiger partial charge in [0.15, 0.2) is 5.78 Å². The molecule has 0 radical (unpaired) electrons. The van der Waals surface area contributed by atoms with Gasteiger partial charge < -0.3 is 19.5 Å². The molecule has 3 atom stereocenters. The van der Waals surface area contributed by atoms with Gasteiger partial charge in [-0.25, -0.2) is 9.59 Å². The van der Waals surface area contributed by atoms with Crippen LogP contribution in [0.5, 0.6) is 5.75 Å². The summed E-state index contributed by atoms with van der Waals surface area (Å²) < 4.78 is 17.8. The maximum Gasteiger partial charge on any atom is 0.337 e. The number of nitrogens with one attached hydrogen (secondary N) is 1. The minimum atomic E-state index is -0.436. The van der Waals surface area contributed by atoms with Gasteiger partial charge in [-0.1, -0.05) is 19.4 Å². The summed E-state index contributed by atoms with van der Waals surface area (Å²) in [7, 11) is 4.47. The summed E-state index contributed by atoms with van der Waals surface area (Å²) in [6.07, 6.45) is 6.45. The molecule has 1 N–H and O–H groups in total. The van der Waals surface area contributed by atoms with E-state index in [2.05, 4.69) is 17.1 Å². The zero-order valence-corrected chi connectivity index (χ0v) is 26.2. The Labute approximate surface area is 261 Å². The predicted octanol–water partition coefficient (Wildman–Crippen LogP) is 3.13. The molecule has 2 aromatic rings. The highest BCUT2D eigenvalue weighted by molar-refractivity contribution is 6.12. The Balaban J connectivity index is 1.43. The van der Waals surface area contributed by atoms with Gasteiger partial charge in [0, 0.05) is 49.3 Å². The summed E-state index contributed by atoms with van der Waals surface area (Å²) in [5.74, 6) is -0.731. The topological polar surface area (TPSA) is 136 Å². The number of carbonyl (C=O) groups is 5. The second kappa shape index (κ2) is 13.7. The highest BCUT2D eigenvalue weighted by Crippen LogP contribution is 2.48. The van der Waals surface area contributed by atoms with Gasteiger partial charge in [-0.15, -0.1) is 0 Å². The number of amides is 3. The Morgan fingerprint density at radius 1 is 1.09 bits per heavy atom. The molecule has 240 valence electrons. The molecule has 1 aromatic heterocycles. The van der Waals surface area contributed by atoms with Gasteiger partial charge in [0.2, 0.25) is 0 Å². The van der Waals surface area contributed by atoms with Crippen LogP contribution < -0.4 is 10.1 Å². The standard InChI is InChI=1S/C33H40N4O8/c1-5-20-18-35-15-13-22-30-25(9-6-10-27(30)44-3)37(31(22)26(35)16-23(20)24(19-43-2)32(41)45-4)33(42)34-17-21(38)8-7-14-36-28(39)11-12-29(36)40/h6,9-12,19-20,23,26H,5,7-8,13-18H2,1-4H3,(H,34,42)/b24-19+/t20-,23+,26+/m1/s1. The number of ether oxygens (including phenoxy) is 3. The normalized spacial score (nSPS) is 21.5. The molecule has 0 aliphatic carbocycles. The Kier molecular flexibility index (Phi) is 9.71. The highest BCUT2D eigenvalue weighted by atomic mass is 16.5. The van der Waals surface area contributed by atoms with Crippen molar-refractivity contribution in [1.82, 2.24) is 19.7 Å². The number of hydrogen-bond acceptors (Lipinski definition) is 9. The number of esters is 1. The number of rotatable bonds is 11. The third-order valence-corrected chi connectivity index (χ3v) is 9.21. The summed E-state index contributed by atoms with van der Waals surface area (Å²) in [6.45, 7) is 3.58. The van der Waals surface area contributed by atoms with E-state index in [4.69, 9.17) is 14.2 Å². The number of benzene rings is 1. The summed E-state index contributed by atoms with van der Waals surface area (Å²) in [4.78, 5) is 66.6. The van der Waals surface area contributed by atoms with Gasteiger partial charge in [0.25, 0.3) is 11.8 Å². The average molecular weight is 621 g/mol. The fraction of sp³-hybridized carbons (Fsp3) is 0.485. The minimum Gasteiger partial charge on any atom is -0.504 e. The van der Waals surface area contributed by atoms with Crippen LogP contribution in [0.3, 0.4) is 0 Å². The monoisotopic (exact) mass is 620 g/mol. The minimum absolute atomic E-state index is 0.105. The number of aromatic nitrogens is 1. The van der Waals surface area contributed by atoms with E-state index in [1.807, 2.05) is 18.2 Å². The van der Waals surface area contributed by atoms with Crippen LogP contribution in [0, 0.1) is 11.8 Å². The summed E-state index contributed by atoms with van der Waals surface area (Å²) >= 11 is 0. The Morgan fingerprint density at radius 3 is 2.51 bits per heavy atom. The first-order valence-corrected chi connectivity index (χ1v) is 15.3. The van der Waals surface area contributed by atoms with Crippen LogP contribution in [0.25, 0.3) is 10.9 Å². The van der Waals surface area contributed by atoms with Crippen molar-refractivity contribution >= 4 is 40.5 Å². The first-order chi connectivity index (χ1) is 21.7. The van der Waals surface area contributed by atoms with Crippen molar-refractivity contribution in [2.75, 3.05) is 47.5 Å². The molecule has 0 bridgehead atoms. The van der Waals surface area contributed by atoms with E-state index in [-0.39, 0.29) is 55.0 Å². The molecule has 1 fully saturated rings. The van der Waals surface area contributed by atoms with E-state index in [1.165, 1.54) is 32.6 Å². The van der Waals surface area contributed by atoms with Crippen LogP contribution in [0.4, 0.5) is 4.79 Å². The first-order valence-electron chi connectivity index (χ1n) is 15.3. The molecule has 3 aliphatic rings. The second-order valence-electron chi connectivity index (χ2n) is 11.6. The molecule has 0 saturated carbocycles. The van der Waals surface area contributed by atoms with Crippen molar-refractivity contribution in [2.24, 2.45) is 11.8 Å². The zero-order valence-electron chi connectivity index (χ0n) is 26.2. The molecule has 0 spiro atoms. The van der Waals surface area contributed by atoms with E-state index < -0.39 is 12.0 Å². The van der Waals surface area contributed by atoms with Crippen molar-refractivity contribution in [3.63, 3.8) is 0 Å². The highest BCUT2D eigenvalue weighted by Gasteiger charge is 2.44. The SMILES string of the molecule is CC[C@@H]1CN2CCc3c(n(C(=O)NCC(=O)CCCN4C(=O)C=CC4=O)c4cccc(OC)c34)[C@@H]2C[C@@H]1/C(=C\OC)C(=O)OC. The van der Waals surface area contributed by atoms with Crippen molar-refractivity contribution in [1.29, 1.82) is 0 Å². The molecular formula is C33H40N4O8. The van der Waals surface area contributed by atoms with Crippen LogP contribution >= 0.6 is 0 Å². The lowest BCUT2D eigenvalue weighted by Gasteiger charge is -2.47. The number of piperidine rings is 1. The number of carbonyl (C=O) groups excluding carboxylic acids is 5. The Bertz CT molecular complexity index is 1560. The second-order valence-corrected chi connectivity index (χ2v) is 11.6. The number of nitrogens with zero attached hydrogens (tertiary/aromatic N) is 3. The molecule has 5 rings (SSSR count). The molecule has 12 heteroatoms. The van der Waals surface area contributed by atoms with Crippen molar-refractivity contribution in [3.05, 3.63) is 53.4 Å². The number of hydrogen-bond donors (Lipinski definition) is 1. The lowest BCUT2D eigenvalue weighted by Crippen LogP contribution is -2.48. The van der Waals surface area contributed by atoms with Crippen LogP contribution in [-0.2, 0) is 35.1 Å². The lowest BCUT2D eigenvalue weighted by atomic mass is 9.74. The van der Waals surface area contributed by atoms with Gasteiger partial charge in [0.1, 0.15) is 5.75 Å². The molecule has 45 heavy (non-hydrogen) atoms. The third-order valence-electron chi connectivity index (χ3n) is 9.21. The van der Waals surface area contributed by atoms with Crippen molar-refractivity contribution in [3.8, 4) is 5.75 Å². The fourth-order valence-electron chi connectivity index (χ4n) is 7.07. The molecule has 1 aromatic carbocycles. The smallest absolute Gasteiger partial charge is 0.337 e. The quantitative estimate of drug-likeness (QED) is 0.174. The van der Waals surface area contributed by atoms with Gasteiger partial charge in [0.05, 0.1) is 51.3 Å². The number of methoxy groups -OCH3 is 3. The van der Waals surface area contributed by atoms with E-state index in [9.17, 15) is 24.0 Å². The number of fused-ring (bicyclic) bond motifs is 5. The molecule has 3 aliphatic heterocycles. The molecule has 3 amide bonds. The first kappa shape index (κ1) is 32.0. The molecular weight excluding hydrogens is 580 g/mol. The maximum atomic E-state index is 14.0. The molecule has 1 saturated heterocycles. The summed E-state index contributed by atoms with van der Waals surface area (Å²) in [5.41, 5.74) is 3.00. The van der Waals surface area contributed by atoms with Crippen LogP contribution in [0.1, 0.15) is 49.9 Å². The molecule has 0 unspecified atom stereocenters. The van der Waals surface area contributed by atoms with Crippen molar-refractivity contribution in [2.45, 2.75) is 45.1 Å². The third kappa shape index (κ3) is 6.11. The summed E-state index contributed by atoms with van der Waals surface area (Å²) in [6, 6.07) is 4.96. The largest absolute Gasteiger partial charge is 0.504 e. The molecule has 4 heterocycles. The maximum absolute atomic E-state index is 14.0. The molecule has 12 nitrogen and oxygen atoms in total. The summed E-state index contributed by atoms with van der Waals surface area (Å²) in [5, 5.41) is 3.67. The van der Waals surface area contributed by atoms with Gasteiger partial charge >= 0.3 is 12.0 Å². The van der Waals surface area contributed by atoms with E-state index >= 15 is 0 Å². The zero-order chi connectivity index (χ0) is 32.2. The number of Topliss-reactive ketones (excluding diaryl/α,β-unsaturated/α-hetero) is 1. The number of ketones is 1. The van der Waals surface area contributed by atoms with Crippen LogP contribution in [0.2, 0.25) is 0 Å². The van der Waals surface area contributed by atoms with Gasteiger partial charge in [-0.05, 0) is 48.8 Å². The van der Waals surface area contributed by atoms with Gasteiger partial charge in [-0.3, -0.25) is 28.8 Å². The average Bonchev–Trinajstić information content (AvgIpc) is 3.57. The van der Waals surface area contributed by atoms with E-state index in [0.29, 0.717) is 36.1 Å². The van der Waals surface area contributed by atoms with Gasteiger partial charge in [-0.2, -0.15) is 0 Å². The Morgan fingerprint density at radius 2 is 1.84 bits per heavy atom. The fourth-order valence-corrected chi connectivity index (χ4v) is 7.07. The lowest BCUT2D eigenvalue weighted by molar-refractivity contribution is -0.138. The van der Waals surface area contributed by atoms with E-state index in [0.717, 1.165) is 41.1 Å².